The van der Waals surface area contributed by atoms with Crippen LogP contribution in [0.5, 0.6) is 5.75 Å². The van der Waals surface area contributed by atoms with Crippen molar-refractivity contribution in [3.05, 3.63) is 58.6 Å². The van der Waals surface area contributed by atoms with E-state index in [1.807, 2.05) is 6.92 Å². The van der Waals surface area contributed by atoms with Gasteiger partial charge in [-0.25, -0.2) is 8.42 Å². The number of esters is 1. The highest BCUT2D eigenvalue weighted by atomic mass is 35.5. The molecule has 0 saturated heterocycles. The molecule has 8 heteroatoms. The Labute approximate surface area is 169 Å². The second-order valence-electron chi connectivity index (χ2n) is 5.97. The third-order valence-corrected chi connectivity index (χ3v) is 5.37. The fourth-order valence-corrected chi connectivity index (χ4v) is 3.61. The molecule has 0 aliphatic rings. The highest BCUT2D eigenvalue weighted by Gasteiger charge is 2.32. The summed E-state index contributed by atoms with van der Waals surface area (Å²) in [6.45, 7) is 4.09. The van der Waals surface area contributed by atoms with Crippen LogP contribution in [0, 0.1) is 0 Å². The summed E-state index contributed by atoms with van der Waals surface area (Å²) in [5.41, 5.74) is 0.469. The Bertz CT molecular complexity index is 967. The number of sulfone groups is 1. The Morgan fingerprint density at radius 2 is 1.68 bits per heavy atom. The molecule has 1 atom stereocenters. The van der Waals surface area contributed by atoms with E-state index in [-0.39, 0.29) is 22.1 Å². The minimum Gasteiger partial charge on any atom is -0.494 e. The number of carbonyl (C=O) groups is 2. The molecule has 2 aromatic carbocycles. The topological polar surface area (TPSA) is 86.7 Å². The van der Waals surface area contributed by atoms with Gasteiger partial charge in [0, 0.05) is 11.8 Å². The van der Waals surface area contributed by atoms with Crippen LogP contribution in [0.2, 0.25) is 5.02 Å². The molecule has 0 saturated carbocycles. The number of ether oxygens (including phenoxy) is 2. The Morgan fingerprint density at radius 1 is 1.04 bits per heavy atom. The lowest BCUT2D eigenvalue weighted by Gasteiger charge is -2.16. The van der Waals surface area contributed by atoms with Gasteiger partial charge >= 0.3 is 5.97 Å². The maximum absolute atomic E-state index is 13.1. The Hall–Kier alpha value is -2.38. The summed E-state index contributed by atoms with van der Waals surface area (Å²) >= 11 is 6.15. The van der Waals surface area contributed by atoms with Gasteiger partial charge in [-0.05, 0) is 49.7 Å². The number of Topliss-reactive ketones (excluding diaryl/α,β-unsaturated/α-hetero) is 1. The van der Waals surface area contributed by atoms with Crippen molar-refractivity contribution >= 4 is 33.2 Å². The van der Waals surface area contributed by atoms with Crippen molar-refractivity contribution in [2.75, 3.05) is 19.5 Å². The summed E-state index contributed by atoms with van der Waals surface area (Å²) in [5.74, 6) is -1.90. The van der Waals surface area contributed by atoms with Crippen LogP contribution in [-0.2, 0) is 19.4 Å². The molecule has 0 unspecified atom stereocenters. The largest absolute Gasteiger partial charge is 0.494 e. The molecule has 0 aliphatic heterocycles. The summed E-state index contributed by atoms with van der Waals surface area (Å²) in [5, 5.41) is -0.0480. The van der Waals surface area contributed by atoms with Gasteiger partial charge in [0.15, 0.2) is 15.6 Å². The van der Waals surface area contributed by atoms with Gasteiger partial charge in [0.1, 0.15) is 11.7 Å². The lowest BCUT2D eigenvalue weighted by Crippen LogP contribution is -2.24. The maximum atomic E-state index is 13.1. The molecule has 28 heavy (non-hydrogen) atoms. The lowest BCUT2D eigenvalue weighted by atomic mass is 9.90. The van der Waals surface area contributed by atoms with Crippen LogP contribution in [0.25, 0.3) is 0 Å². The normalized spacial score (nSPS) is 12.3. The van der Waals surface area contributed by atoms with Crippen molar-refractivity contribution < 1.29 is 27.5 Å². The first kappa shape index (κ1) is 21.9. The lowest BCUT2D eigenvalue weighted by molar-refractivity contribution is -0.143. The highest BCUT2D eigenvalue weighted by molar-refractivity contribution is 7.90. The summed E-state index contributed by atoms with van der Waals surface area (Å²) in [7, 11) is -3.48. The number of carbonyl (C=O) groups excluding carboxylic acids is 2. The first-order valence-electron chi connectivity index (χ1n) is 8.62. The van der Waals surface area contributed by atoms with Crippen LogP contribution in [0.4, 0.5) is 0 Å². The summed E-state index contributed by atoms with van der Waals surface area (Å²) in [6.07, 6.45) is 1.04. The molecule has 6 nitrogen and oxygen atoms in total. The zero-order valence-electron chi connectivity index (χ0n) is 15.8. The van der Waals surface area contributed by atoms with Crippen molar-refractivity contribution in [2.24, 2.45) is 0 Å². The van der Waals surface area contributed by atoms with Crippen molar-refractivity contribution in [3.8, 4) is 5.75 Å². The fraction of sp³-hybridized carbons (Fsp3) is 0.300. The second kappa shape index (κ2) is 9.21. The molecule has 2 rings (SSSR count). The van der Waals surface area contributed by atoms with Gasteiger partial charge in [0.25, 0.3) is 0 Å². The number of benzene rings is 2. The Morgan fingerprint density at radius 3 is 2.18 bits per heavy atom. The third-order valence-electron chi connectivity index (χ3n) is 3.94. The average molecular weight is 425 g/mol. The van der Waals surface area contributed by atoms with Crippen molar-refractivity contribution in [3.63, 3.8) is 0 Å². The average Bonchev–Trinajstić information content (AvgIpc) is 2.63. The Balaban J connectivity index is 2.46. The number of hydrogen-bond donors (Lipinski definition) is 0. The van der Waals surface area contributed by atoms with Crippen LogP contribution >= 0.6 is 11.6 Å². The minimum absolute atomic E-state index is 0.0113. The monoisotopic (exact) mass is 424 g/mol. The molecule has 0 spiro atoms. The molecule has 0 aliphatic carbocycles. The minimum atomic E-state index is -3.48. The molecule has 0 N–H and O–H groups in total. The van der Waals surface area contributed by atoms with Crippen molar-refractivity contribution in [1.29, 1.82) is 0 Å². The molecule has 0 aromatic heterocycles. The SMILES string of the molecule is CCOC(=O)[C@@H](C(=O)c1ccc(S(C)(=O)=O)cc1Cl)c1ccc(OCC)cc1. The zero-order valence-corrected chi connectivity index (χ0v) is 17.3. The summed E-state index contributed by atoms with van der Waals surface area (Å²) in [4.78, 5) is 25.6. The van der Waals surface area contributed by atoms with Gasteiger partial charge in [0.05, 0.1) is 23.1 Å². The number of hydrogen-bond acceptors (Lipinski definition) is 6. The van der Waals surface area contributed by atoms with Crippen LogP contribution in [0.1, 0.15) is 35.7 Å². The van der Waals surface area contributed by atoms with E-state index in [4.69, 9.17) is 21.1 Å². The maximum Gasteiger partial charge on any atom is 0.321 e. The van der Waals surface area contributed by atoms with E-state index in [1.54, 1.807) is 31.2 Å². The zero-order chi connectivity index (χ0) is 20.9. The van der Waals surface area contributed by atoms with Gasteiger partial charge in [-0.3, -0.25) is 9.59 Å². The van der Waals surface area contributed by atoms with Gasteiger partial charge < -0.3 is 9.47 Å². The number of halogens is 1. The van der Waals surface area contributed by atoms with Crippen molar-refractivity contribution in [1.82, 2.24) is 0 Å². The molecule has 0 heterocycles. The van der Waals surface area contributed by atoms with E-state index in [1.165, 1.54) is 18.2 Å². The Kier molecular flexibility index (Phi) is 7.21. The molecular weight excluding hydrogens is 404 g/mol. The van der Waals surface area contributed by atoms with Gasteiger partial charge in [-0.15, -0.1) is 0 Å². The summed E-state index contributed by atoms with van der Waals surface area (Å²) < 4.78 is 33.8. The van der Waals surface area contributed by atoms with E-state index in [2.05, 4.69) is 0 Å². The van der Waals surface area contributed by atoms with Crippen LogP contribution in [0.15, 0.2) is 47.4 Å². The third kappa shape index (κ3) is 5.11. The van der Waals surface area contributed by atoms with E-state index in [9.17, 15) is 18.0 Å². The van der Waals surface area contributed by atoms with Gasteiger partial charge in [-0.1, -0.05) is 23.7 Å². The van der Waals surface area contributed by atoms with Crippen LogP contribution < -0.4 is 4.74 Å². The smallest absolute Gasteiger partial charge is 0.321 e. The molecule has 0 radical (unpaired) electrons. The first-order chi connectivity index (χ1) is 13.2. The van der Waals surface area contributed by atoms with Crippen molar-refractivity contribution in [2.45, 2.75) is 24.7 Å². The second-order valence-corrected chi connectivity index (χ2v) is 8.39. The fourth-order valence-electron chi connectivity index (χ4n) is 2.63. The summed E-state index contributed by atoms with van der Waals surface area (Å²) in [6, 6.07) is 10.3. The molecule has 0 fully saturated rings. The van der Waals surface area contributed by atoms with E-state index < -0.39 is 27.5 Å². The molecule has 0 bridgehead atoms. The predicted octanol–water partition coefficient (Wildman–Crippen LogP) is 3.67. The quantitative estimate of drug-likeness (QED) is 0.365. The molecular formula is C20H21ClO6S. The first-order valence-corrected chi connectivity index (χ1v) is 10.9. The molecule has 2 aromatic rings. The molecule has 150 valence electrons. The van der Waals surface area contributed by atoms with Gasteiger partial charge in [-0.2, -0.15) is 0 Å². The predicted molar refractivity (Wildman–Crippen MR) is 106 cm³/mol. The van der Waals surface area contributed by atoms with Crippen LogP contribution in [-0.4, -0.2) is 39.6 Å². The van der Waals surface area contributed by atoms with E-state index in [0.717, 1.165) is 6.26 Å². The number of rotatable bonds is 8. The highest BCUT2D eigenvalue weighted by Crippen LogP contribution is 2.29. The van der Waals surface area contributed by atoms with Gasteiger partial charge in [0.2, 0.25) is 0 Å². The number of ketones is 1. The molecule has 0 amide bonds. The van der Waals surface area contributed by atoms with Crippen LogP contribution in [0.3, 0.4) is 0 Å². The van der Waals surface area contributed by atoms with E-state index in [0.29, 0.717) is 17.9 Å². The van der Waals surface area contributed by atoms with E-state index >= 15 is 0 Å². The standard InChI is InChI=1S/C20H21ClO6S/c1-4-26-14-8-6-13(7-9-14)18(20(23)27-5-2)19(22)16-11-10-15(12-17(16)21)28(3,24)25/h6-12,18H,4-5H2,1-3H3/t18-/m1/s1.